The summed E-state index contributed by atoms with van der Waals surface area (Å²) in [5.41, 5.74) is 0.940. The van der Waals surface area contributed by atoms with Crippen LogP contribution < -0.4 is 5.32 Å². The van der Waals surface area contributed by atoms with Gasteiger partial charge in [-0.25, -0.2) is 4.79 Å². The molecule has 2 atom stereocenters. The van der Waals surface area contributed by atoms with Gasteiger partial charge in [-0.05, 0) is 40.5 Å². The van der Waals surface area contributed by atoms with Gasteiger partial charge in [0.1, 0.15) is 5.60 Å². The Hall–Kier alpha value is -1.07. The molecule has 5 heteroatoms. The molecule has 1 amide bonds. The molecular weight excluding hydrogens is 268 g/mol. The largest absolute Gasteiger partial charge is 0.444 e. The molecular formula is C16H28N2O3. The van der Waals surface area contributed by atoms with Crippen LogP contribution >= 0.6 is 0 Å². The zero-order chi connectivity index (χ0) is 15.5. The summed E-state index contributed by atoms with van der Waals surface area (Å²) >= 11 is 0. The molecule has 0 spiro atoms. The van der Waals surface area contributed by atoms with Crippen molar-refractivity contribution in [1.29, 1.82) is 0 Å². The minimum absolute atomic E-state index is 0.219. The third kappa shape index (κ3) is 5.00. The molecule has 2 aliphatic rings. The standard InChI is InChI=1S/C16H28N2O3/c1-12-14(7-10-20-12)17-11-13-5-8-18(9-6-13)15(19)21-16(2,3)4/h5,12,14,17H,6-11H2,1-4H3. The van der Waals surface area contributed by atoms with E-state index in [1.165, 1.54) is 5.57 Å². The van der Waals surface area contributed by atoms with Crippen LogP contribution in [0.1, 0.15) is 40.5 Å². The highest BCUT2D eigenvalue weighted by Crippen LogP contribution is 2.17. The maximum atomic E-state index is 12.0. The van der Waals surface area contributed by atoms with Crippen LogP contribution in [0.2, 0.25) is 0 Å². The molecule has 0 aromatic heterocycles. The average molecular weight is 296 g/mol. The van der Waals surface area contributed by atoms with Crippen LogP contribution in [0.5, 0.6) is 0 Å². The van der Waals surface area contributed by atoms with E-state index in [0.29, 0.717) is 18.7 Å². The molecule has 0 saturated carbocycles. The number of nitrogens with one attached hydrogen (secondary N) is 1. The summed E-state index contributed by atoms with van der Waals surface area (Å²) in [6.07, 6.45) is 4.21. The van der Waals surface area contributed by atoms with Crippen LogP contribution in [0.15, 0.2) is 11.6 Å². The zero-order valence-corrected chi connectivity index (χ0v) is 13.6. The molecule has 0 aromatic carbocycles. The predicted octanol–water partition coefficient (Wildman–Crippen LogP) is 2.32. The van der Waals surface area contributed by atoms with Gasteiger partial charge in [-0.2, -0.15) is 0 Å². The van der Waals surface area contributed by atoms with Gasteiger partial charge in [0.15, 0.2) is 0 Å². The van der Waals surface area contributed by atoms with Crippen molar-refractivity contribution in [3.63, 3.8) is 0 Å². The maximum Gasteiger partial charge on any atom is 0.410 e. The van der Waals surface area contributed by atoms with Crippen LogP contribution in [0.25, 0.3) is 0 Å². The minimum atomic E-state index is -0.429. The maximum absolute atomic E-state index is 12.0. The summed E-state index contributed by atoms with van der Waals surface area (Å²) in [6.45, 7) is 10.9. The normalized spacial score (nSPS) is 26.7. The molecule has 0 aromatic rings. The summed E-state index contributed by atoms with van der Waals surface area (Å²) in [6, 6.07) is 0.454. The highest BCUT2D eigenvalue weighted by atomic mass is 16.6. The van der Waals surface area contributed by atoms with Gasteiger partial charge in [0, 0.05) is 32.3 Å². The SMILES string of the molecule is CC1OCCC1NCC1=CCN(C(=O)OC(C)(C)C)CC1. The second-order valence-corrected chi connectivity index (χ2v) is 6.89. The van der Waals surface area contributed by atoms with Gasteiger partial charge in [0.2, 0.25) is 0 Å². The molecule has 0 bridgehead atoms. The van der Waals surface area contributed by atoms with E-state index in [2.05, 4.69) is 18.3 Å². The van der Waals surface area contributed by atoms with E-state index >= 15 is 0 Å². The van der Waals surface area contributed by atoms with Gasteiger partial charge >= 0.3 is 6.09 Å². The van der Waals surface area contributed by atoms with Crippen molar-refractivity contribution >= 4 is 6.09 Å². The first-order valence-electron chi connectivity index (χ1n) is 7.86. The summed E-state index contributed by atoms with van der Waals surface area (Å²) in [5.74, 6) is 0. The monoisotopic (exact) mass is 296 g/mol. The van der Waals surface area contributed by atoms with Crippen LogP contribution in [-0.4, -0.2) is 55.0 Å². The Kier molecular flexibility index (Phi) is 5.27. The van der Waals surface area contributed by atoms with Gasteiger partial charge in [-0.3, -0.25) is 0 Å². The summed E-state index contributed by atoms with van der Waals surface area (Å²) in [7, 11) is 0. The predicted molar refractivity (Wildman–Crippen MR) is 82.3 cm³/mol. The van der Waals surface area contributed by atoms with E-state index in [1.54, 1.807) is 4.90 Å². The second-order valence-electron chi connectivity index (χ2n) is 6.89. The Morgan fingerprint density at radius 1 is 1.52 bits per heavy atom. The number of ether oxygens (including phenoxy) is 2. The molecule has 120 valence electrons. The summed E-state index contributed by atoms with van der Waals surface area (Å²) < 4.78 is 10.9. The van der Waals surface area contributed by atoms with Gasteiger partial charge in [-0.1, -0.05) is 11.6 Å². The first-order valence-corrected chi connectivity index (χ1v) is 7.86. The Balaban J connectivity index is 1.75. The zero-order valence-electron chi connectivity index (χ0n) is 13.6. The van der Waals surface area contributed by atoms with Crippen molar-refractivity contribution in [3.8, 4) is 0 Å². The number of carbonyl (C=O) groups is 1. The lowest BCUT2D eigenvalue weighted by atomic mass is 10.1. The topological polar surface area (TPSA) is 50.8 Å². The first-order chi connectivity index (χ1) is 9.85. The van der Waals surface area contributed by atoms with Gasteiger partial charge in [0.25, 0.3) is 0 Å². The molecule has 2 unspecified atom stereocenters. The fourth-order valence-corrected chi connectivity index (χ4v) is 2.63. The molecule has 2 heterocycles. The number of carbonyl (C=O) groups excluding carboxylic acids is 1. The molecule has 21 heavy (non-hydrogen) atoms. The van der Waals surface area contributed by atoms with Crippen LogP contribution in [0, 0.1) is 0 Å². The van der Waals surface area contributed by atoms with Crippen LogP contribution in [0.3, 0.4) is 0 Å². The van der Waals surface area contributed by atoms with E-state index in [9.17, 15) is 4.79 Å². The van der Waals surface area contributed by atoms with Crippen molar-refractivity contribution in [1.82, 2.24) is 10.2 Å². The molecule has 0 aliphatic carbocycles. The molecule has 2 aliphatic heterocycles. The minimum Gasteiger partial charge on any atom is -0.444 e. The molecule has 1 saturated heterocycles. The van der Waals surface area contributed by atoms with Gasteiger partial charge in [0.05, 0.1) is 6.10 Å². The van der Waals surface area contributed by atoms with E-state index in [4.69, 9.17) is 9.47 Å². The highest BCUT2D eigenvalue weighted by Gasteiger charge is 2.25. The highest BCUT2D eigenvalue weighted by molar-refractivity contribution is 5.68. The van der Waals surface area contributed by atoms with Gasteiger partial charge in [-0.15, -0.1) is 0 Å². The molecule has 1 N–H and O–H groups in total. The van der Waals surface area contributed by atoms with Gasteiger partial charge < -0.3 is 19.7 Å². The molecule has 0 radical (unpaired) electrons. The Bertz CT molecular complexity index is 401. The fourth-order valence-electron chi connectivity index (χ4n) is 2.63. The van der Waals surface area contributed by atoms with Crippen molar-refractivity contribution in [2.75, 3.05) is 26.2 Å². The fraction of sp³-hybridized carbons (Fsp3) is 0.812. The molecule has 1 fully saturated rings. The quantitative estimate of drug-likeness (QED) is 0.812. The third-order valence-electron chi connectivity index (χ3n) is 3.92. The first kappa shape index (κ1) is 16.3. The smallest absolute Gasteiger partial charge is 0.410 e. The van der Waals surface area contributed by atoms with Crippen molar-refractivity contribution in [2.45, 2.75) is 58.3 Å². The Morgan fingerprint density at radius 3 is 2.81 bits per heavy atom. The van der Waals surface area contributed by atoms with Crippen molar-refractivity contribution in [2.24, 2.45) is 0 Å². The lowest BCUT2D eigenvalue weighted by molar-refractivity contribution is 0.0265. The van der Waals surface area contributed by atoms with Crippen LogP contribution in [0.4, 0.5) is 4.79 Å². The number of nitrogens with zero attached hydrogens (tertiary/aromatic N) is 1. The van der Waals surface area contributed by atoms with Crippen molar-refractivity contribution in [3.05, 3.63) is 11.6 Å². The lowest BCUT2D eigenvalue weighted by Gasteiger charge is -2.30. The van der Waals surface area contributed by atoms with Crippen molar-refractivity contribution < 1.29 is 14.3 Å². The molecule has 2 rings (SSSR count). The van der Waals surface area contributed by atoms with E-state index < -0.39 is 5.60 Å². The van der Waals surface area contributed by atoms with E-state index in [1.807, 2.05) is 20.8 Å². The molecule has 5 nitrogen and oxygen atoms in total. The third-order valence-corrected chi connectivity index (χ3v) is 3.92. The number of hydrogen-bond donors (Lipinski definition) is 1. The number of amides is 1. The summed E-state index contributed by atoms with van der Waals surface area (Å²) in [5, 5.41) is 3.56. The summed E-state index contributed by atoms with van der Waals surface area (Å²) in [4.78, 5) is 13.7. The number of hydrogen-bond acceptors (Lipinski definition) is 4. The average Bonchev–Trinajstić information content (AvgIpc) is 2.80. The lowest BCUT2D eigenvalue weighted by Crippen LogP contribution is -2.41. The number of rotatable bonds is 3. The van der Waals surface area contributed by atoms with E-state index in [-0.39, 0.29) is 6.09 Å². The Labute approximate surface area is 127 Å². The van der Waals surface area contributed by atoms with E-state index in [0.717, 1.165) is 32.5 Å². The van der Waals surface area contributed by atoms with Crippen LogP contribution in [-0.2, 0) is 9.47 Å². The second kappa shape index (κ2) is 6.79. The Morgan fingerprint density at radius 2 is 2.29 bits per heavy atom.